The fourth-order valence-corrected chi connectivity index (χ4v) is 4.71. The Balaban J connectivity index is 1.30. The summed E-state index contributed by atoms with van der Waals surface area (Å²) in [4.78, 5) is 50.1. The Hall–Kier alpha value is -6.13. The number of carbonyl (C=O) groups is 3. The van der Waals surface area contributed by atoms with E-state index in [0.29, 0.717) is 41.7 Å². The third-order valence-electron chi connectivity index (χ3n) is 7.61. The van der Waals surface area contributed by atoms with Crippen molar-refractivity contribution in [1.29, 1.82) is 0 Å². The number of carbonyl (C=O) groups excluding carboxylic acids is 3. The van der Waals surface area contributed by atoms with Crippen molar-refractivity contribution in [3.63, 3.8) is 0 Å². The van der Waals surface area contributed by atoms with Crippen LogP contribution in [0.2, 0.25) is 0 Å². The van der Waals surface area contributed by atoms with Crippen LogP contribution in [0.4, 0.5) is 36.4 Å². The van der Waals surface area contributed by atoms with Gasteiger partial charge in [-0.3, -0.25) is 14.4 Å². The first-order valence-corrected chi connectivity index (χ1v) is 16.7. The van der Waals surface area contributed by atoms with Gasteiger partial charge < -0.3 is 40.8 Å². The Bertz CT molecular complexity index is 1860. The van der Waals surface area contributed by atoms with Crippen LogP contribution in [-0.4, -0.2) is 71.8 Å². The van der Waals surface area contributed by atoms with E-state index < -0.39 is 41.9 Å². The molecule has 0 radical (unpaired) electrons. The van der Waals surface area contributed by atoms with Crippen molar-refractivity contribution in [2.24, 2.45) is 5.41 Å². The molecule has 5 N–H and O–H groups in total. The summed E-state index contributed by atoms with van der Waals surface area (Å²) in [7, 11) is 0. The largest absolute Gasteiger partial charge is 0.494 e. The van der Waals surface area contributed by atoms with Gasteiger partial charge in [0.15, 0.2) is 6.61 Å². The van der Waals surface area contributed by atoms with E-state index in [1.807, 2.05) is 26.0 Å². The van der Waals surface area contributed by atoms with Crippen LogP contribution in [0.5, 0.6) is 17.5 Å². The van der Waals surface area contributed by atoms with Crippen LogP contribution in [-0.2, 0) is 16.1 Å². The van der Waals surface area contributed by atoms with Gasteiger partial charge in [0.05, 0.1) is 13.2 Å². The number of anilines is 4. The van der Waals surface area contributed by atoms with Gasteiger partial charge in [-0.15, -0.1) is 0 Å². The smallest absolute Gasteiger partial charge is 0.422 e. The molecule has 0 aliphatic carbocycles. The molecular weight excluding hydrogens is 697 g/mol. The highest BCUT2D eigenvalue weighted by atomic mass is 19.4. The van der Waals surface area contributed by atoms with Gasteiger partial charge in [0.2, 0.25) is 11.9 Å². The highest BCUT2D eigenvalue weighted by Crippen LogP contribution is 2.22. The van der Waals surface area contributed by atoms with E-state index in [1.165, 1.54) is 12.1 Å². The summed E-state index contributed by atoms with van der Waals surface area (Å²) in [5.74, 6) is -0.918. The molecular formula is C36H39F3N8O6. The number of hydrogen-bond acceptors (Lipinski definition) is 11. The standard InChI is InChI=1S/C36H39F3N8O6/c1-35(2)20-41-29(48)24-7-9-26(10-8-24)44-33-45-32(46-34(47-33)53-22-36(37,38)39)40-19-23-5-13-27(14-6-23)51-17-3-4-18-52-28-15-11-25(12-16-28)43-31(50)30(49)42-21-35/h5-16H,3-4,17-22H2,1-2H3,(H,41,48)(H,42,49)(H,43,50)(H2,40,44,45,46,47). The lowest BCUT2D eigenvalue weighted by molar-refractivity contribution is -0.154. The third kappa shape index (κ3) is 12.6. The van der Waals surface area contributed by atoms with Gasteiger partial charge >= 0.3 is 24.0 Å². The van der Waals surface area contributed by atoms with Gasteiger partial charge in [-0.1, -0.05) is 26.0 Å². The number of benzene rings is 3. The molecule has 17 heteroatoms. The predicted molar refractivity (Wildman–Crippen MR) is 189 cm³/mol. The molecule has 0 spiro atoms. The Kier molecular flexibility index (Phi) is 12.5. The van der Waals surface area contributed by atoms with E-state index in [1.54, 1.807) is 48.5 Å². The number of amides is 3. The van der Waals surface area contributed by atoms with E-state index in [0.717, 1.165) is 18.4 Å². The minimum Gasteiger partial charge on any atom is -0.494 e. The van der Waals surface area contributed by atoms with Crippen LogP contribution >= 0.6 is 0 Å². The zero-order chi connectivity index (χ0) is 37.8. The minimum atomic E-state index is -4.61. The molecule has 1 aromatic heterocycles. The highest BCUT2D eigenvalue weighted by molar-refractivity contribution is 6.39. The number of rotatable bonds is 2. The maximum Gasteiger partial charge on any atom is 0.422 e. The maximum absolute atomic E-state index is 12.9. The molecule has 0 saturated carbocycles. The fourth-order valence-electron chi connectivity index (χ4n) is 4.71. The molecule has 8 bridgehead atoms. The number of fused-ring (bicyclic) bond motifs is 3. The zero-order valence-electron chi connectivity index (χ0n) is 29.0. The van der Waals surface area contributed by atoms with Crippen LogP contribution in [0.3, 0.4) is 0 Å². The topological polar surface area (TPSA) is 178 Å². The minimum absolute atomic E-state index is 0.0322. The SMILES string of the molecule is CC1(C)CNC(=O)C(=O)Nc2ccc(cc2)OCCCCOc2ccc(cc2)CNc2nc(nc(OCC(F)(F)F)n2)Nc2ccc(cc2)C(=O)NC1. The lowest BCUT2D eigenvalue weighted by Gasteiger charge is -2.25. The summed E-state index contributed by atoms with van der Waals surface area (Å²) in [6.45, 7) is 3.46. The summed E-state index contributed by atoms with van der Waals surface area (Å²) in [5, 5.41) is 13.9. The Morgan fingerprint density at radius 1 is 0.679 bits per heavy atom. The number of ether oxygens (including phenoxy) is 3. The van der Waals surface area contributed by atoms with Gasteiger partial charge in [0.25, 0.3) is 5.91 Å². The molecule has 5 heterocycles. The monoisotopic (exact) mass is 736 g/mol. The van der Waals surface area contributed by atoms with Gasteiger partial charge in [0.1, 0.15) is 11.5 Å². The molecule has 4 aliphatic rings. The highest BCUT2D eigenvalue weighted by Gasteiger charge is 2.29. The van der Waals surface area contributed by atoms with Crippen molar-refractivity contribution in [3.8, 4) is 17.5 Å². The van der Waals surface area contributed by atoms with E-state index >= 15 is 0 Å². The molecule has 0 atom stereocenters. The second-order valence-corrected chi connectivity index (χ2v) is 12.8. The molecule has 8 rings (SSSR count). The quantitative estimate of drug-likeness (QED) is 0.170. The number of alkyl halides is 3. The number of nitrogens with one attached hydrogen (secondary N) is 5. The molecule has 4 aliphatic heterocycles. The van der Waals surface area contributed by atoms with Crippen LogP contribution in [0.1, 0.15) is 42.6 Å². The summed E-state index contributed by atoms with van der Waals surface area (Å²) in [6.07, 6.45) is -3.15. The molecule has 280 valence electrons. The Labute approximate surface area is 303 Å². The fraction of sp³-hybridized carbons (Fsp3) is 0.333. The molecule has 0 unspecified atom stereocenters. The molecule has 0 saturated heterocycles. The Morgan fingerprint density at radius 2 is 1.23 bits per heavy atom. The second kappa shape index (κ2) is 17.4. The summed E-state index contributed by atoms with van der Waals surface area (Å²) in [5.41, 5.74) is 1.39. The van der Waals surface area contributed by atoms with Gasteiger partial charge in [0, 0.05) is 36.6 Å². The van der Waals surface area contributed by atoms with Crippen LogP contribution in [0, 0.1) is 5.41 Å². The van der Waals surface area contributed by atoms with Crippen molar-refractivity contribution < 1.29 is 41.8 Å². The first kappa shape index (κ1) is 38.1. The average Bonchev–Trinajstić information content (AvgIpc) is 3.13. The van der Waals surface area contributed by atoms with Crippen molar-refractivity contribution in [2.45, 2.75) is 39.4 Å². The summed E-state index contributed by atoms with van der Waals surface area (Å²) >= 11 is 0. The summed E-state index contributed by atoms with van der Waals surface area (Å²) in [6, 6.07) is 19.6. The average molecular weight is 737 g/mol. The molecule has 3 amide bonds. The number of halogens is 3. The first-order chi connectivity index (χ1) is 25.3. The van der Waals surface area contributed by atoms with Crippen molar-refractivity contribution in [2.75, 3.05) is 48.9 Å². The Morgan fingerprint density at radius 3 is 1.85 bits per heavy atom. The van der Waals surface area contributed by atoms with E-state index in [4.69, 9.17) is 14.2 Å². The van der Waals surface area contributed by atoms with E-state index in [-0.39, 0.29) is 31.5 Å². The van der Waals surface area contributed by atoms with Crippen molar-refractivity contribution >= 4 is 41.0 Å². The van der Waals surface area contributed by atoms with Crippen LogP contribution in [0.15, 0.2) is 72.8 Å². The van der Waals surface area contributed by atoms with E-state index in [9.17, 15) is 27.6 Å². The van der Waals surface area contributed by atoms with Gasteiger partial charge in [-0.05, 0) is 84.5 Å². The zero-order valence-corrected chi connectivity index (χ0v) is 29.0. The molecule has 14 nitrogen and oxygen atoms in total. The van der Waals surface area contributed by atoms with Gasteiger partial charge in [-0.25, -0.2) is 0 Å². The van der Waals surface area contributed by atoms with Gasteiger partial charge in [-0.2, -0.15) is 28.1 Å². The normalized spacial score (nSPS) is 16.1. The van der Waals surface area contributed by atoms with Crippen molar-refractivity contribution in [1.82, 2.24) is 25.6 Å². The third-order valence-corrected chi connectivity index (χ3v) is 7.61. The van der Waals surface area contributed by atoms with Crippen molar-refractivity contribution in [3.05, 3.63) is 83.9 Å². The molecule has 4 aromatic rings. The second-order valence-electron chi connectivity index (χ2n) is 12.8. The van der Waals surface area contributed by atoms with E-state index in [2.05, 4.69) is 41.5 Å². The maximum atomic E-state index is 12.9. The summed E-state index contributed by atoms with van der Waals surface area (Å²) < 4.78 is 55.1. The predicted octanol–water partition coefficient (Wildman–Crippen LogP) is 5.23. The lowest BCUT2D eigenvalue weighted by Crippen LogP contribution is -2.44. The first-order valence-electron chi connectivity index (χ1n) is 16.7. The van der Waals surface area contributed by atoms with Crippen LogP contribution in [0.25, 0.3) is 0 Å². The number of nitrogens with zero attached hydrogens (tertiary/aromatic N) is 3. The molecule has 3 aromatic carbocycles. The van der Waals surface area contributed by atoms with Crippen LogP contribution < -0.4 is 40.8 Å². The number of aromatic nitrogens is 3. The molecule has 0 fully saturated rings. The lowest BCUT2D eigenvalue weighted by atomic mass is 9.93. The molecule has 53 heavy (non-hydrogen) atoms. The number of hydrogen-bond donors (Lipinski definition) is 5.